The summed E-state index contributed by atoms with van der Waals surface area (Å²) in [5.74, 6) is -3.11. The normalized spacial score (nSPS) is 20.4. The highest BCUT2D eigenvalue weighted by atomic mass is 16.5. The summed E-state index contributed by atoms with van der Waals surface area (Å²) in [5, 5.41) is 12.7. The molecule has 3 amide bonds. The molecule has 1 fully saturated rings. The van der Waals surface area contributed by atoms with Crippen LogP contribution in [0.15, 0.2) is 30.3 Å². The Hall–Kier alpha value is -3.02. The molecule has 1 heterocycles. The van der Waals surface area contributed by atoms with E-state index in [1.807, 2.05) is 58.0 Å². The predicted molar refractivity (Wildman–Crippen MR) is 173 cm³/mol. The van der Waals surface area contributed by atoms with Crippen molar-refractivity contribution in [2.45, 2.75) is 110 Å². The van der Waals surface area contributed by atoms with Crippen molar-refractivity contribution in [2.75, 3.05) is 27.8 Å². The number of amides is 3. The van der Waals surface area contributed by atoms with E-state index < -0.39 is 48.0 Å². The minimum Gasteiger partial charge on any atom is -0.480 e. The van der Waals surface area contributed by atoms with Gasteiger partial charge in [-0.25, -0.2) is 4.79 Å². The number of nitrogens with two attached hydrogens (primary N) is 1. The zero-order valence-corrected chi connectivity index (χ0v) is 28.6. The smallest absolute Gasteiger partial charge is 0.326 e. The monoisotopic (exact) mass is 632 g/mol. The molecule has 0 radical (unpaired) electrons. The fourth-order valence-electron chi connectivity index (χ4n) is 6.46. The van der Waals surface area contributed by atoms with Crippen molar-refractivity contribution in [3.63, 3.8) is 0 Å². The first-order valence-corrected chi connectivity index (χ1v) is 16.2. The Morgan fingerprint density at radius 2 is 1.69 bits per heavy atom. The Labute approximate surface area is 269 Å². The van der Waals surface area contributed by atoms with Gasteiger partial charge in [0.1, 0.15) is 6.04 Å². The van der Waals surface area contributed by atoms with Gasteiger partial charge in [0, 0.05) is 33.7 Å². The molecule has 11 nitrogen and oxygen atoms in total. The van der Waals surface area contributed by atoms with Crippen molar-refractivity contribution in [1.29, 1.82) is 0 Å². The SMILES string of the molecule is CC[C@H](C)[C@@H]([C@@H](CC(=O)N1CCC[C@H]1[C@H](OC)[C@@H](C)C(=O)NC(C(=O)O)C(C)c1ccccc1)OC)N(C)C(=O)[C@@H](N)C(C)C. The number of carboxylic acids is 1. The van der Waals surface area contributed by atoms with Crippen LogP contribution in [0.25, 0.3) is 0 Å². The quantitative estimate of drug-likeness (QED) is 0.237. The summed E-state index contributed by atoms with van der Waals surface area (Å²) in [6.45, 7) is 11.8. The second-order valence-corrected chi connectivity index (χ2v) is 12.9. The molecule has 2 rings (SSSR count). The number of carbonyl (C=O) groups is 4. The second kappa shape index (κ2) is 17.6. The first-order chi connectivity index (χ1) is 21.2. The van der Waals surface area contributed by atoms with Gasteiger partial charge in [0.05, 0.1) is 42.7 Å². The van der Waals surface area contributed by atoms with Gasteiger partial charge in [-0.3, -0.25) is 14.4 Å². The zero-order chi connectivity index (χ0) is 34.0. The Morgan fingerprint density at radius 1 is 1.07 bits per heavy atom. The number of nitrogens with zero attached hydrogens (tertiary/aromatic N) is 2. The number of carboxylic acid groups (broad SMARTS) is 1. The fraction of sp³-hybridized carbons (Fsp3) is 0.706. The van der Waals surface area contributed by atoms with Crippen LogP contribution in [0.2, 0.25) is 0 Å². The molecule has 1 saturated heterocycles. The van der Waals surface area contributed by atoms with Crippen molar-refractivity contribution in [3.8, 4) is 0 Å². The molecule has 4 N–H and O–H groups in total. The van der Waals surface area contributed by atoms with E-state index in [0.29, 0.717) is 13.0 Å². The lowest BCUT2D eigenvalue weighted by Gasteiger charge is -2.40. The number of likely N-dealkylation sites (tertiary alicyclic amines) is 1. The summed E-state index contributed by atoms with van der Waals surface area (Å²) in [6.07, 6.45) is 0.971. The Balaban J connectivity index is 2.23. The van der Waals surface area contributed by atoms with Gasteiger partial charge in [0.25, 0.3) is 0 Å². The van der Waals surface area contributed by atoms with Crippen LogP contribution >= 0.6 is 0 Å². The summed E-state index contributed by atoms with van der Waals surface area (Å²) < 4.78 is 11.7. The number of likely N-dealkylation sites (N-methyl/N-ethyl adjacent to an activating group) is 1. The van der Waals surface area contributed by atoms with E-state index in [4.69, 9.17) is 15.2 Å². The third-order valence-electron chi connectivity index (χ3n) is 9.65. The van der Waals surface area contributed by atoms with E-state index in [1.165, 1.54) is 7.11 Å². The molecule has 254 valence electrons. The maximum atomic E-state index is 13.9. The lowest BCUT2D eigenvalue weighted by molar-refractivity contribution is -0.147. The molecule has 1 aliphatic rings. The number of rotatable bonds is 17. The molecule has 0 aromatic heterocycles. The van der Waals surface area contributed by atoms with Crippen LogP contribution in [0.3, 0.4) is 0 Å². The Morgan fingerprint density at radius 3 is 2.20 bits per heavy atom. The third-order valence-corrected chi connectivity index (χ3v) is 9.65. The van der Waals surface area contributed by atoms with Crippen LogP contribution in [0, 0.1) is 17.8 Å². The lowest BCUT2D eigenvalue weighted by Crippen LogP contribution is -2.56. The molecule has 0 aliphatic carbocycles. The van der Waals surface area contributed by atoms with Gasteiger partial charge in [-0.15, -0.1) is 0 Å². The van der Waals surface area contributed by atoms with E-state index in [0.717, 1.165) is 18.4 Å². The Bertz CT molecular complexity index is 1120. The van der Waals surface area contributed by atoms with Crippen LogP contribution in [-0.4, -0.2) is 103 Å². The molecule has 45 heavy (non-hydrogen) atoms. The zero-order valence-electron chi connectivity index (χ0n) is 28.6. The third kappa shape index (κ3) is 9.50. The van der Waals surface area contributed by atoms with Crippen LogP contribution in [0.5, 0.6) is 0 Å². The molecule has 9 atom stereocenters. The number of hydrogen-bond donors (Lipinski definition) is 3. The molecular weight excluding hydrogens is 576 g/mol. The minimum absolute atomic E-state index is 0.0389. The lowest BCUT2D eigenvalue weighted by atomic mass is 9.89. The van der Waals surface area contributed by atoms with Gasteiger partial charge in [-0.05, 0) is 30.2 Å². The maximum Gasteiger partial charge on any atom is 0.326 e. The number of ether oxygens (including phenoxy) is 2. The van der Waals surface area contributed by atoms with Gasteiger partial charge < -0.3 is 35.4 Å². The van der Waals surface area contributed by atoms with Crippen molar-refractivity contribution < 1.29 is 33.8 Å². The topological polar surface area (TPSA) is 152 Å². The van der Waals surface area contributed by atoms with Gasteiger partial charge in [0.15, 0.2) is 0 Å². The molecule has 1 aromatic carbocycles. The average molecular weight is 633 g/mol. The molecule has 1 aromatic rings. The molecule has 0 bridgehead atoms. The number of methoxy groups -OCH3 is 2. The van der Waals surface area contributed by atoms with Crippen LogP contribution in [0.1, 0.15) is 78.7 Å². The maximum absolute atomic E-state index is 13.9. The van der Waals surface area contributed by atoms with Crippen molar-refractivity contribution >= 4 is 23.7 Å². The van der Waals surface area contributed by atoms with Gasteiger partial charge >= 0.3 is 5.97 Å². The van der Waals surface area contributed by atoms with Crippen LogP contribution < -0.4 is 11.1 Å². The number of nitrogens with one attached hydrogen (secondary N) is 1. The van der Waals surface area contributed by atoms with Crippen molar-refractivity contribution in [3.05, 3.63) is 35.9 Å². The first-order valence-electron chi connectivity index (χ1n) is 16.2. The first kappa shape index (κ1) is 38.2. The number of aliphatic carboxylic acids is 1. The van der Waals surface area contributed by atoms with Crippen LogP contribution in [0.4, 0.5) is 0 Å². The van der Waals surface area contributed by atoms with E-state index in [1.54, 1.807) is 37.8 Å². The summed E-state index contributed by atoms with van der Waals surface area (Å²) >= 11 is 0. The van der Waals surface area contributed by atoms with E-state index in [9.17, 15) is 24.3 Å². The minimum atomic E-state index is -1.13. The summed E-state index contributed by atoms with van der Waals surface area (Å²) in [7, 11) is 4.78. The highest BCUT2D eigenvalue weighted by Gasteiger charge is 2.43. The molecular formula is C34H56N4O7. The number of hydrogen-bond acceptors (Lipinski definition) is 7. The fourth-order valence-corrected chi connectivity index (χ4v) is 6.46. The van der Waals surface area contributed by atoms with Gasteiger partial charge in [0.2, 0.25) is 17.7 Å². The largest absolute Gasteiger partial charge is 0.480 e. The molecule has 2 unspecified atom stereocenters. The summed E-state index contributed by atoms with van der Waals surface area (Å²) in [4.78, 5) is 56.2. The predicted octanol–water partition coefficient (Wildman–Crippen LogP) is 3.26. The van der Waals surface area contributed by atoms with Crippen molar-refractivity contribution in [2.24, 2.45) is 23.5 Å². The van der Waals surface area contributed by atoms with Crippen molar-refractivity contribution in [1.82, 2.24) is 15.1 Å². The number of benzene rings is 1. The van der Waals surface area contributed by atoms with Crippen LogP contribution in [-0.2, 0) is 28.7 Å². The second-order valence-electron chi connectivity index (χ2n) is 12.9. The van der Waals surface area contributed by atoms with Gasteiger partial charge in [-0.2, -0.15) is 0 Å². The highest BCUT2D eigenvalue weighted by molar-refractivity contribution is 5.86. The molecule has 11 heteroatoms. The summed E-state index contributed by atoms with van der Waals surface area (Å²) in [6, 6.07) is 6.63. The Kier molecular flexibility index (Phi) is 14.9. The molecule has 1 aliphatic heterocycles. The average Bonchev–Trinajstić information content (AvgIpc) is 3.51. The van der Waals surface area contributed by atoms with E-state index in [-0.39, 0.29) is 42.2 Å². The van der Waals surface area contributed by atoms with Gasteiger partial charge in [-0.1, -0.05) is 78.3 Å². The number of carbonyl (C=O) groups excluding carboxylic acids is 3. The molecule has 0 saturated carbocycles. The standard InChI is InChI=1S/C34H56N4O7/c1-10-21(4)30(37(7)33(41)28(35)20(2)3)26(44-8)19-27(39)38-18-14-17-25(38)31(45-9)23(6)32(40)36-29(34(42)43)22(5)24-15-12-11-13-16-24/h11-13,15-16,20-23,25-26,28-31H,10,14,17-19,35H2,1-9H3,(H,36,40)(H,42,43)/t21-,22?,23+,25-,26+,28-,29?,30-,31+/m0/s1. The summed E-state index contributed by atoms with van der Waals surface area (Å²) in [5.41, 5.74) is 7.01. The van der Waals surface area contributed by atoms with E-state index >= 15 is 0 Å². The van der Waals surface area contributed by atoms with E-state index in [2.05, 4.69) is 5.32 Å². The highest BCUT2D eigenvalue weighted by Crippen LogP contribution is 2.30. The molecule has 0 spiro atoms.